The Kier molecular flexibility index (Phi) is 11.2. The van der Waals surface area contributed by atoms with Crippen LogP contribution in [-0.2, 0) is 0 Å². The van der Waals surface area contributed by atoms with Gasteiger partial charge in [0.15, 0.2) is 5.58 Å². The first-order valence-electron chi connectivity index (χ1n) is 24.2. The molecule has 0 aliphatic carbocycles. The van der Waals surface area contributed by atoms with Crippen molar-refractivity contribution in [2.45, 2.75) is 99.8 Å². The smallest absolute Gasteiger partial charge is 0.159 e. The first kappa shape index (κ1) is 43.1. The standard InChI is InChI=1S/C63H62N2O/c1-11-43(9)49-28-30-57(64(47-34-39(5)32-40(6)35-47)48-36-41(7)33-42(8)37-48)55-26-24-53-52(61(49)55)25-27-56-58(31-29-50(62(53)56)44(10)12-2)65(46-22-20-45(21-23-46)38(3)4)59-18-15-17-54-51-16-13-14-19-60(51)66-63(54)59/h13-38,43-44H,11-12H2,1-10H3. The summed E-state index contributed by atoms with van der Waals surface area (Å²) in [6.07, 6.45) is 2.09. The summed E-state index contributed by atoms with van der Waals surface area (Å²) in [6, 6.07) is 57.3. The average molecular weight is 863 g/mol. The van der Waals surface area contributed by atoms with E-state index in [-0.39, 0.29) is 0 Å². The molecule has 0 radical (unpaired) electrons. The van der Waals surface area contributed by atoms with Gasteiger partial charge in [0.25, 0.3) is 0 Å². The minimum atomic E-state index is 0.352. The van der Waals surface area contributed by atoms with E-state index in [1.807, 2.05) is 0 Å². The number of para-hydroxylation sites is 2. The zero-order valence-corrected chi connectivity index (χ0v) is 40.4. The molecule has 0 N–H and O–H groups in total. The molecule has 0 bridgehead atoms. The minimum absolute atomic E-state index is 0.352. The van der Waals surface area contributed by atoms with Crippen LogP contribution >= 0.6 is 0 Å². The van der Waals surface area contributed by atoms with Crippen molar-refractivity contribution >= 4 is 88.4 Å². The Hall–Kier alpha value is -6.84. The largest absolute Gasteiger partial charge is 0.454 e. The first-order chi connectivity index (χ1) is 31.9. The van der Waals surface area contributed by atoms with Gasteiger partial charge in [-0.1, -0.05) is 133 Å². The number of anilines is 6. The normalized spacial score (nSPS) is 12.8. The number of fused-ring (bicyclic) bond motifs is 8. The highest BCUT2D eigenvalue weighted by Gasteiger charge is 2.26. The lowest BCUT2D eigenvalue weighted by atomic mass is 9.85. The third-order valence-electron chi connectivity index (χ3n) is 14.3. The van der Waals surface area contributed by atoms with Crippen molar-refractivity contribution in [2.75, 3.05) is 9.80 Å². The fourth-order valence-electron chi connectivity index (χ4n) is 10.7. The molecule has 0 amide bonds. The van der Waals surface area contributed by atoms with Gasteiger partial charge >= 0.3 is 0 Å². The van der Waals surface area contributed by atoms with E-state index in [2.05, 4.69) is 231 Å². The van der Waals surface area contributed by atoms with Gasteiger partial charge in [-0.2, -0.15) is 0 Å². The van der Waals surface area contributed by atoms with Gasteiger partial charge in [0.1, 0.15) is 5.58 Å². The Labute approximate surface area is 391 Å². The van der Waals surface area contributed by atoms with Gasteiger partial charge < -0.3 is 14.2 Å². The fourth-order valence-corrected chi connectivity index (χ4v) is 10.7. The first-order valence-corrected chi connectivity index (χ1v) is 24.2. The number of rotatable bonds is 11. The zero-order chi connectivity index (χ0) is 46.0. The van der Waals surface area contributed by atoms with Crippen molar-refractivity contribution in [2.24, 2.45) is 0 Å². The van der Waals surface area contributed by atoms with Crippen molar-refractivity contribution in [3.8, 4) is 0 Å². The Morgan fingerprint density at radius 2 is 0.894 bits per heavy atom. The van der Waals surface area contributed by atoms with E-state index >= 15 is 0 Å². The van der Waals surface area contributed by atoms with Crippen molar-refractivity contribution in [3.63, 3.8) is 0 Å². The quantitative estimate of drug-likeness (QED) is 0.121. The molecule has 9 aromatic carbocycles. The maximum Gasteiger partial charge on any atom is 0.159 e. The predicted molar refractivity (Wildman–Crippen MR) is 286 cm³/mol. The van der Waals surface area contributed by atoms with Crippen molar-refractivity contribution in [3.05, 3.63) is 191 Å². The zero-order valence-electron chi connectivity index (χ0n) is 40.4. The summed E-state index contributed by atoms with van der Waals surface area (Å²) in [5.74, 6) is 1.15. The van der Waals surface area contributed by atoms with Crippen molar-refractivity contribution in [1.29, 1.82) is 0 Å². The lowest BCUT2D eigenvalue weighted by Gasteiger charge is -2.30. The monoisotopic (exact) mass is 862 g/mol. The summed E-state index contributed by atoms with van der Waals surface area (Å²) in [5, 5.41) is 10.00. The second-order valence-electron chi connectivity index (χ2n) is 19.4. The van der Waals surface area contributed by atoms with Crippen LogP contribution in [0.4, 0.5) is 34.1 Å². The third kappa shape index (κ3) is 7.39. The highest BCUT2D eigenvalue weighted by atomic mass is 16.3. The van der Waals surface area contributed by atoms with E-state index < -0.39 is 0 Å². The van der Waals surface area contributed by atoms with E-state index in [1.165, 1.54) is 88.3 Å². The van der Waals surface area contributed by atoms with Crippen LogP contribution in [0.2, 0.25) is 0 Å². The van der Waals surface area contributed by atoms with Crippen molar-refractivity contribution in [1.82, 2.24) is 0 Å². The van der Waals surface area contributed by atoms with Crippen LogP contribution in [0.25, 0.3) is 54.3 Å². The SMILES string of the molecule is CCC(C)c1ccc(N(c2cc(C)cc(C)c2)c2cc(C)cc(C)c2)c2ccc3c(ccc4c(N(c5ccc(C(C)C)cc5)c5cccc6c5oc5ccccc56)ccc(C(C)CC)c43)c12. The molecule has 10 aromatic rings. The molecule has 0 fully saturated rings. The molecule has 3 heteroatoms. The van der Waals surface area contributed by atoms with Crippen LogP contribution in [0, 0.1) is 27.7 Å². The molecule has 0 saturated heterocycles. The van der Waals surface area contributed by atoms with E-state index in [0.29, 0.717) is 17.8 Å². The summed E-state index contributed by atoms with van der Waals surface area (Å²) in [4.78, 5) is 4.94. The molecular weight excluding hydrogens is 801 g/mol. The van der Waals surface area contributed by atoms with Gasteiger partial charge in [0.2, 0.25) is 0 Å². The Morgan fingerprint density at radius 3 is 1.41 bits per heavy atom. The second-order valence-corrected chi connectivity index (χ2v) is 19.4. The lowest BCUT2D eigenvalue weighted by molar-refractivity contribution is 0.669. The van der Waals surface area contributed by atoms with Gasteiger partial charge in [-0.05, 0) is 179 Å². The summed E-state index contributed by atoms with van der Waals surface area (Å²) in [6.45, 7) is 22.8. The van der Waals surface area contributed by atoms with Gasteiger partial charge in [0.05, 0.1) is 17.1 Å². The van der Waals surface area contributed by atoms with Crippen molar-refractivity contribution < 1.29 is 4.42 Å². The highest BCUT2D eigenvalue weighted by molar-refractivity contribution is 6.24. The molecule has 330 valence electrons. The van der Waals surface area contributed by atoms with E-state index in [9.17, 15) is 0 Å². The Bertz CT molecular complexity index is 3370. The van der Waals surface area contributed by atoms with Gasteiger partial charge in [-0.3, -0.25) is 0 Å². The molecule has 10 rings (SSSR count). The molecule has 1 aromatic heterocycles. The number of aryl methyl sites for hydroxylation is 4. The Morgan fingerprint density at radius 1 is 0.409 bits per heavy atom. The van der Waals surface area contributed by atoms with E-state index in [4.69, 9.17) is 4.42 Å². The molecule has 0 saturated carbocycles. The van der Waals surface area contributed by atoms with Crippen LogP contribution in [0.1, 0.15) is 111 Å². The summed E-state index contributed by atoms with van der Waals surface area (Å²) in [5.41, 5.74) is 17.7. The number of hydrogen-bond donors (Lipinski definition) is 0. The number of hydrogen-bond acceptors (Lipinski definition) is 3. The molecular formula is C63H62N2O. The fraction of sp³-hybridized carbons (Fsp3) is 0.238. The number of nitrogens with zero attached hydrogens (tertiary/aromatic N) is 2. The molecule has 3 nitrogen and oxygen atoms in total. The van der Waals surface area contributed by atoms with Gasteiger partial charge in [-0.25, -0.2) is 0 Å². The van der Waals surface area contributed by atoms with Crippen LogP contribution < -0.4 is 9.80 Å². The lowest BCUT2D eigenvalue weighted by Crippen LogP contribution is -2.12. The second kappa shape index (κ2) is 17.2. The topological polar surface area (TPSA) is 19.6 Å². The van der Waals surface area contributed by atoms with Crippen LogP contribution in [0.3, 0.4) is 0 Å². The molecule has 0 aliphatic heterocycles. The number of furan rings is 1. The summed E-state index contributed by atoms with van der Waals surface area (Å²) in [7, 11) is 0. The summed E-state index contributed by atoms with van der Waals surface area (Å²) < 4.78 is 6.80. The summed E-state index contributed by atoms with van der Waals surface area (Å²) >= 11 is 0. The van der Waals surface area contributed by atoms with E-state index in [0.717, 1.165) is 51.8 Å². The average Bonchev–Trinajstić information content (AvgIpc) is 3.70. The Balaban J connectivity index is 1.29. The van der Waals surface area contributed by atoms with Crippen LogP contribution in [0.5, 0.6) is 0 Å². The number of benzene rings is 9. The van der Waals surface area contributed by atoms with E-state index in [1.54, 1.807) is 0 Å². The molecule has 1 heterocycles. The predicted octanol–water partition coefficient (Wildman–Crippen LogP) is 19.4. The molecule has 0 spiro atoms. The van der Waals surface area contributed by atoms with Gasteiger partial charge in [-0.15, -0.1) is 0 Å². The van der Waals surface area contributed by atoms with Crippen LogP contribution in [0.15, 0.2) is 156 Å². The highest BCUT2D eigenvalue weighted by Crippen LogP contribution is 2.50. The maximum absolute atomic E-state index is 6.80. The molecule has 66 heavy (non-hydrogen) atoms. The molecule has 0 aliphatic rings. The van der Waals surface area contributed by atoms with Gasteiger partial charge in [0, 0.05) is 38.6 Å². The molecule has 2 atom stereocenters. The molecule has 2 unspecified atom stereocenters. The third-order valence-corrected chi connectivity index (χ3v) is 14.3. The van der Waals surface area contributed by atoms with Crippen LogP contribution in [-0.4, -0.2) is 0 Å². The minimum Gasteiger partial charge on any atom is -0.454 e. The maximum atomic E-state index is 6.80.